The van der Waals surface area contributed by atoms with E-state index in [1.807, 2.05) is 19.1 Å². The predicted molar refractivity (Wildman–Crippen MR) is 54.9 cm³/mol. The molecule has 0 aromatic heterocycles. The second-order valence-electron chi connectivity index (χ2n) is 2.65. The van der Waals surface area contributed by atoms with Gasteiger partial charge in [-0.15, -0.1) is 0 Å². The summed E-state index contributed by atoms with van der Waals surface area (Å²) in [6.45, 7) is 6.05. The van der Waals surface area contributed by atoms with E-state index in [0.717, 1.165) is 0 Å². The molecule has 0 aromatic rings. The van der Waals surface area contributed by atoms with Gasteiger partial charge >= 0.3 is 0 Å². The number of nitrogens with one attached hydrogen (secondary N) is 1. The Morgan fingerprint density at radius 1 is 1.42 bits per heavy atom. The molecule has 0 amide bonds. The fraction of sp³-hybridized carbons (Fsp3) is 0.556. The Bertz CT molecular complexity index is 190. The molecular weight excluding hydrogens is 150 g/mol. The summed E-state index contributed by atoms with van der Waals surface area (Å²) in [6, 6.07) is 0.367. The molecule has 0 saturated heterocycles. The maximum Gasteiger partial charge on any atom is 0.217 e. The van der Waals surface area contributed by atoms with Crippen LogP contribution in [0.5, 0.6) is 0 Å². The van der Waals surface area contributed by atoms with Gasteiger partial charge in [0.25, 0.3) is 0 Å². The SMILES string of the molecule is C/C=C\C=NC(=NC)NC(C)C. The van der Waals surface area contributed by atoms with Gasteiger partial charge in [-0.1, -0.05) is 6.08 Å². The smallest absolute Gasteiger partial charge is 0.217 e. The van der Waals surface area contributed by atoms with Crippen LogP contribution in [0.2, 0.25) is 0 Å². The van der Waals surface area contributed by atoms with Crippen molar-refractivity contribution in [2.75, 3.05) is 7.05 Å². The van der Waals surface area contributed by atoms with Crippen LogP contribution in [-0.4, -0.2) is 25.3 Å². The summed E-state index contributed by atoms with van der Waals surface area (Å²) in [5, 5.41) is 3.11. The Hall–Kier alpha value is -1.12. The molecule has 3 heteroatoms. The minimum Gasteiger partial charge on any atom is -0.352 e. The summed E-state index contributed by atoms with van der Waals surface area (Å²) in [5.74, 6) is 0.670. The van der Waals surface area contributed by atoms with Gasteiger partial charge < -0.3 is 5.32 Å². The van der Waals surface area contributed by atoms with E-state index in [9.17, 15) is 0 Å². The first kappa shape index (κ1) is 10.9. The summed E-state index contributed by atoms with van der Waals surface area (Å²) in [4.78, 5) is 8.07. The minimum absolute atomic E-state index is 0.367. The molecule has 0 aromatic carbocycles. The van der Waals surface area contributed by atoms with Gasteiger partial charge in [0.05, 0.1) is 0 Å². The van der Waals surface area contributed by atoms with Gasteiger partial charge in [0.1, 0.15) is 0 Å². The molecule has 0 saturated carbocycles. The van der Waals surface area contributed by atoms with Gasteiger partial charge in [-0.25, -0.2) is 4.99 Å². The molecule has 0 unspecified atom stereocenters. The Kier molecular flexibility index (Phi) is 5.97. The standard InChI is InChI=1S/C9H17N3/c1-5-6-7-11-9(10-4)12-8(2)3/h5-8H,1-4H3,(H,10,12)/b6-5-,11-7?. The molecule has 0 radical (unpaired) electrons. The molecule has 3 nitrogen and oxygen atoms in total. The van der Waals surface area contributed by atoms with Crippen molar-refractivity contribution >= 4 is 12.2 Å². The highest BCUT2D eigenvalue weighted by Gasteiger charge is 1.94. The highest BCUT2D eigenvalue weighted by molar-refractivity contribution is 5.90. The number of allylic oxidation sites excluding steroid dienone is 2. The van der Waals surface area contributed by atoms with Gasteiger partial charge in [0.2, 0.25) is 5.96 Å². The maximum atomic E-state index is 4.10. The minimum atomic E-state index is 0.367. The molecule has 0 heterocycles. The lowest BCUT2D eigenvalue weighted by molar-refractivity contribution is 0.727. The van der Waals surface area contributed by atoms with E-state index in [1.54, 1.807) is 13.3 Å². The zero-order valence-electron chi connectivity index (χ0n) is 8.20. The van der Waals surface area contributed by atoms with E-state index in [2.05, 4.69) is 29.1 Å². The highest BCUT2D eigenvalue weighted by Crippen LogP contribution is 1.81. The molecule has 0 spiro atoms. The van der Waals surface area contributed by atoms with Gasteiger partial charge in [0.15, 0.2) is 0 Å². The van der Waals surface area contributed by atoms with Crippen molar-refractivity contribution in [2.24, 2.45) is 9.98 Å². The topological polar surface area (TPSA) is 36.8 Å². The number of guanidine groups is 1. The molecular formula is C9H17N3. The number of aliphatic imine (C=N–C) groups is 2. The molecule has 0 aliphatic carbocycles. The van der Waals surface area contributed by atoms with E-state index < -0.39 is 0 Å². The third-order valence-electron chi connectivity index (χ3n) is 1.10. The van der Waals surface area contributed by atoms with Crippen molar-refractivity contribution in [1.82, 2.24) is 5.32 Å². The van der Waals surface area contributed by atoms with Crippen molar-refractivity contribution in [2.45, 2.75) is 26.8 Å². The average Bonchev–Trinajstić information content (AvgIpc) is 2.02. The zero-order chi connectivity index (χ0) is 9.40. The lowest BCUT2D eigenvalue weighted by Crippen LogP contribution is -2.28. The highest BCUT2D eigenvalue weighted by atomic mass is 15.1. The first-order chi connectivity index (χ1) is 5.70. The lowest BCUT2D eigenvalue weighted by Gasteiger charge is -2.06. The van der Waals surface area contributed by atoms with Gasteiger partial charge in [0, 0.05) is 19.3 Å². The van der Waals surface area contributed by atoms with Crippen LogP contribution in [0, 0.1) is 0 Å². The Morgan fingerprint density at radius 3 is 2.50 bits per heavy atom. The Morgan fingerprint density at radius 2 is 2.08 bits per heavy atom. The normalized spacial score (nSPS) is 13.6. The van der Waals surface area contributed by atoms with Crippen LogP contribution in [0.4, 0.5) is 0 Å². The van der Waals surface area contributed by atoms with Crippen LogP contribution in [0.15, 0.2) is 22.1 Å². The molecule has 0 bridgehead atoms. The monoisotopic (exact) mass is 167 g/mol. The summed E-state index contributed by atoms with van der Waals surface area (Å²) in [6.07, 6.45) is 5.51. The Labute approximate surface area is 74.3 Å². The van der Waals surface area contributed by atoms with Crippen molar-refractivity contribution in [1.29, 1.82) is 0 Å². The van der Waals surface area contributed by atoms with E-state index in [0.29, 0.717) is 12.0 Å². The van der Waals surface area contributed by atoms with Crippen molar-refractivity contribution in [3.05, 3.63) is 12.2 Å². The van der Waals surface area contributed by atoms with Gasteiger partial charge in [-0.05, 0) is 26.8 Å². The number of hydrogen-bond donors (Lipinski definition) is 1. The molecule has 0 aliphatic heterocycles. The number of rotatable bonds is 2. The van der Waals surface area contributed by atoms with Crippen LogP contribution in [0.3, 0.4) is 0 Å². The van der Waals surface area contributed by atoms with Crippen molar-refractivity contribution in [3.8, 4) is 0 Å². The first-order valence-electron chi connectivity index (χ1n) is 4.09. The summed E-state index contributed by atoms with van der Waals surface area (Å²) in [5.41, 5.74) is 0. The second kappa shape index (κ2) is 6.58. The molecule has 0 aliphatic rings. The predicted octanol–water partition coefficient (Wildman–Crippen LogP) is 1.62. The number of nitrogens with zero attached hydrogens (tertiary/aromatic N) is 2. The Balaban J connectivity index is 4.01. The summed E-state index contributed by atoms with van der Waals surface area (Å²) < 4.78 is 0. The van der Waals surface area contributed by atoms with Crippen LogP contribution < -0.4 is 5.32 Å². The summed E-state index contributed by atoms with van der Waals surface area (Å²) >= 11 is 0. The quantitative estimate of drug-likeness (QED) is 0.492. The second-order valence-corrected chi connectivity index (χ2v) is 2.65. The largest absolute Gasteiger partial charge is 0.352 e. The van der Waals surface area contributed by atoms with Gasteiger partial charge in [-0.3, -0.25) is 4.99 Å². The molecule has 1 N–H and O–H groups in total. The third-order valence-corrected chi connectivity index (χ3v) is 1.10. The van der Waals surface area contributed by atoms with Crippen molar-refractivity contribution in [3.63, 3.8) is 0 Å². The third kappa shape index (κ3) is 5.65. The number of hydrogen-bond acceptors (Lipinski definition) is 1. The first-order valence-corrected chi connectivity index (χ1v) is 4.09. The average molecular weight is 167 g/mol. The molecule has 0 fully saturated rings. The van der Waals surface area contributed by atoms with E-state index in [4.69, 9.17) is 0 Å². The zero-order valence-corrected chi connectivity index (χ0v) is 8.20. The maximum absolute atomic E-state index is 4.10. The fourth-order valence-electron chi connectivity index (χ4n) is 0.617. The lowest BCUT2D eigenvalue weighted by atomic mass is 10.4. The molecule has 0 atom stereocenters. The molecule has 68 valence electrons. The van der Waals surface area contributed by atoms with Crippen LogP contribution in [0.25, 0.3) is 0 Å². The van der Waals surface area contributed by atoms with Crippen LogP contribution >= 0.6 is 0 Å². The fourth-order valence-corrected chi connectivity index (χ4v) is 0.617. The molecule has 12 heavy (non-hydrogen) atoms. The van der Waals surface area contributed by atoms with Gasteiger partial charge in [-0.2, -0.15) is 0 Å². The summed E-state index contributed by atoms with van der Waals surface area (Å²) in [7, 11) is 1.72. The van der Waals surface area contributed by atoms with Crippen LogP contribution in [-0.2, 0) is 0 Å². The molecule has 0 rings (SSSR count). The van der Waals surface area contributed by atoms with E-state index >= 15 is 0 Å². The van der Waals surface area contributed by atoms with E-state index in [-0.39, 0.29) is 0 Å². The van der Waals surface area contributed by atoms with Crippen LogP contribution in [0.1, 0.15) is 20.8 Å². The van der Waals surface area contributed by atoms with Crippen molar-refractivity contribution < 1.29 is 0 Å². The van der Waals surface area contributed by atoms with E-state index in [1.165, 1.54) is 0 Å².